The van der Waals surface area contributed by atoms with E-state index in [1.54, 1.807) is 0 Å². The zero-order valence-electron chi connectivity index (χ0n) is 7.57. The van der Waals surface area contributed by atoms with Crippen LogP contribution in [-0.2, 0) is 0 Å². The molecule has 0 N–H and O–H groups in total. The van der Waals surface area contributed by atoms with Crippen LogP contribution in [0.1, 0.15) is 0 Å². The van der Waals surface area contributed by atoms with Gasteiger partial charge in [-0.2, -0.15) is 0 Å². The van der Waals surface area contributed by atoms with E-state index in [1.165, 1.54) is 10.9 Å². The van der Waals surface area contributed by atoms with Crippen molar-refractivity contribution in [3.8, 4) is 11.1 Å². The number of rotatable bonds is 1. The highest BCUT2D eigenvalue weighted by atomic mass is 35.5. The smallest absolute Gasteiger partial charge is 0.0484 e. The molecule has 0 fully saturated rings. The summed E-state index contributed by atoms with van der Waals surface area (Å²) in [5.74, 6) is 0. The predicted molar refractivity (Wildman–Crippen MR) is 66.2 cm³/mol. The highest BCUT2D eigenvalue weighted by Gasteiger charge is 2.03. The highest BCUT2D eigenvalue weighted by Crippen LogP contribution is 2.26. The number of benzene rings is 2. The van der Waals surface area contributed by atoms with E-state index in [1.807, 2.05) is 36.4 Å². The third-order valence-corrected chi connectivity index (χ3v) is 2.96. The Kier molecular flexibility index (Phi) is 2.86. The summed E-state index contributed by atoms with van der Waals surface area (Å²) in [7, 11) is 2.72. The monoisotopic (exact) mass is 220 g/mol. The quantitative estimate of drug-likeness (QED) is 0.646. The topological polar surface area (TPSA) is 0 Å². The molecule has 0 saturated carbocycles. The minimum atomic E-state index is 0.794. The zero-order chi connectivity index (χ0) is 9.97. The van der Waals surface area contributed by atoms with Crippen LogP contribution in [0.25, 0.3) is 11.1 Å². The van der Waals surface area contributed by atoms with Gasteiger partial charge in [-0.25, -0.2) is 0 Å². The largest absolute Gasteiger partial charge is 0.105 e. The molecular formula is C12H10ClP. The molecule has 70 valence electrons. The molecule has 0 aliphatic rings. The van der Waals surface area contributed by atoms with E-state index in [0.717, 1.165) is 10.6 Å². The summed E-state index contributed by atoms with van der Waals surface area (Å²) in [4.78, 5) is 0. The Hall–Kier alpha value is -0.840. The molecule has 1 atom stereocenters. The first kappa shape index (κ1) is 9.71. The van der Waals surface area contributed by atoms with Crippen LogP contribution >= 0.6 is 20.8 Å². The molecule has 0 spiro atoms. The summed E-state index contributed by atoms with van der Waals surface area (Å²) in [5, 5.41) is 1.96. The molecule has 2 aromatic carbocycles. The molecule has 0 aliphatic heterocycles. The van der Waals surface area contributed by atoms with Crippen molar-refractivity contribution in [2.24, 2.45) is 0 Å². The lowest BCUT2D eigenvalue weighted by molar-refractivity contribution is 1.65. The third kappa shape index (κ3) is 1.82. The molecule has 0 aromatic heterocycles. The minimum Gasteiger partial charge on any atom is -0.105 e. The van der Waals surface area contributed by atoms with Gasteiger partial charge in [0, 0.05) is 10.6 Å². The van der Waals surface area contributed by atoms with Gasteiger partial charge in [0.05, 0.1) is 0 Å². The molecule has 2 rings (SSSR count). The number of hydrogen-bond acceptors (Lipinski definition) is 0. The van der Waals surface area contributed by atoms with Gasteiger partial charge >= 0.3 is 0 Å². The normalized spacial score (nSPS) is 10.1. The molecule has 0 saturated heterocycles. The average molecular weight is 221 g/mol. The van der Waals surface area contributed by atoms with E-state index in [0.29, 0.717) is 0 Å². The number of halogens is 1. The second kappa shape index (κ2) is 4.13. The zero-order valence-corrected chi connectivity index (χ0v) is 9.48. The lowest BCUT2D eigenvalue weighted by Crippen LogP contribution is -1.95. The molecule has 14 heavy (non-hydrogen) atoms. The predicted octanol–water partition coefficient (Wildman–Crippen LogP) is 3.51. The molecule has 0 nitrogen and oxygen atoms in total. The first-order valence-corrected chi connectivity index (χ1v) is 5.34. The van der Waals surface area contributed by atoms with Gasteiger partial charge in [0.25, 0.3) is 0 Å². The van der Waals surface area contributed by atoms with Crippen molar-refractivity contribution in [3.05, 3.63) is 53.6 Å². The van der Waals surface area contributed by atoms with Crippen molar-refractivity contribution in [2.75, 3.05) is 0 Å². The fourth-order valence-electron chi connectivity index (χ4n) is 1.42. The Morgan fingerprint density at radius 2 is 1.36 bits per heavy atom. The van der Waals surface area contributed by atoms with Gasteiger partial charge in [-0.15, -0.1) is 9.24 Å². The summed E-state index contributed by atoms with van der Waals surface area (Å²) in [6.45, 7) is 0. The van der Waals surface area contributed by atoms with Crippen molar-refractivity contribution in [1.82, 2.24) is 0 Å². The van der Waals surface area contributed by atoms with Crippen LogP contribution in [0.5, 0.6) is 0 Å². The van der Waals surface area contributed by atoms with Crippen molar-refractivity contribution in [3.63, 3.8) is 0 Å². The standard InChI is InChI=1S/C12H10ClP/c13-11-7-3-1-5-9(11)10-6-2-4-8-12(10)14/h1-8H,14H2. The molecule has 1 unspecified atom stereocenters. The van der Waals surface area contributed by atoms with Gasteiger partial charge < -0.3 is 0 Å². The van der Waals surface area contributed by atoms with Gasteiger partial charge in [-0.1, -0.05) is 54.1 Å². The van der Waals surface area contributed by atoms with E-state index in [2.05, 4.69) is 21.4 Å². The van der Waals surface area contributed by atoms with Crippen molar-refractivity contribution in [1.29, 1.82) is 0 Å². The second-order valence-electron chi connectivity index (χ2n) is 3.07. The SMILES string of the molecule is Pc1ccccc1-c1ccccc1Cl. The van der Waals surface area contributed by atoms with E-state index >= 15 is 0 Å². The lowest BCUT2D eigenvalue weighted by atomic mass is 10.1. The second-order valence-corrected chi connectivity index (χ2v) is 4.10. The minimum absolute atomic E-state index is 0.794. The Bertz CT molecular complexity index is 408. The summed E-state index contributed by atoms with van der Waals surface area (Å²) < 4.78 is 0. The molecule has 0 heterocycles. The van der Waals surface area contributed by atoms with Crippen LogP contribution in [0.2, 0.25) is 5.02 Å². The van der Waals surface area contributed by atoms with Crippen LogP contribution in [0.15, 0.2) is 48.5 Å². The Morgan fingerprint density at radius 1 is 0.786 bits per heavy atom. The van der Waals surface area contributed by atoms with Crippen LogP contribution in [0, 0.1) is 0 Å². The highest BCUT2D eigenvalue weighted by molar-refractivity contribution is 7.28. The fraction of sp³-hybridized carbons (Fsp3) is 0. The van der Waals surface area contributed by atoms with Crippen molar-refractivity contribution >= 4 is 26.1 Å². The lowest BCUT2D eigenvalue weighted by Gasteiger charge is -2.06. The summed E-state index contributed by atoms with van der Waals surface area (Å²) in [5.41, 5.74) is 2.25. The molecular weight excluding hydrogens is 211 g/mol. The van der Waals surface area contributed by atoms with E-state index in [9.17, 15) is 0 Å². The van der Waals surface area contributed by atoms with Crippen LogP contribution < -0.4 is 5.30 Å². The van der Waals surface area contributed by atoms with Gasteiger partial charge in [0.2, 0.25) is 0 Å². The fourth-order valence-corrected chi connectivity index (χ4v) is 2.02. The van der Waals surface area contributed by atoms with Crippen LogP contribution in [-0.4, -0.2) is 0 Å². The van der Waals surface area contributed by atoms with Crippen molar-refractivity contribution < 1.29 is 0 Å². The van der Waals surface area contributed by atoms with Gasteiger partial charge in [-0.05, 0) is 16.9 Å². The summed E-state index contributed by atoms with van der Waals surface area (Å²) in [6, 6.07) is 16.1. The van der Waals surface area contributed by atoms with Crippen LogP contribution in [0.3, 0.4) is 0 Å². The first-order valence-electron chi connectivity index (χ1n) is 4.38. The van der Waals surface area contributed by atoms with Crippen LogP contribution in [0.4, 0.5) is 0 Å². The molecule has 0 amide bonds. The van der Waals surface area contributed by atoms with Gasteiger partial charge in [-0.3, -0.25) is 0 Å². The molecule has 2 heteroatoms. The van der Waals surface area contributed by atoms with Gasteiger partial charge in [0.15, 0.2) is 0 Å². The van der Waals surface area contributed by atoms with E-state index in [-0.39, 0.29) is 0 Å². The number of hydrogen-bond donors (Lipinski definition) is 0. The van der Waals surface area contributed by atoms with E-state index in [4.69, 9.17) is 11.6 Å². The molecule has 0 bridgehead atoms. The Balaban J connectivity index is 2.61. The third-order valence-electron chi connectivity index (χ3n) is 2.12. The summed E-state index contributed by atoms with van der Waals surface area (Å²) in [6.07, 6.45) is 0. The Labute approximate surface area is 91.1 Å². The average Bonchev–Trinajstić information content (AvgIpc) is 2.20. The maximum atomic E-state index is 6.12. The maximum absolute atomic E-state index is 6.12. The van der Waals surface area contributed by atoms with Gasteiger partial charge in [0.1, 0.15) is 0 Å². The van der Waals surface area contributed by atoms with Crippen molar-refractivity contribution in [2.45, 2.75) is 0 Å². The molecule has 0 radical (unpaired) electrons. The molecule has 2 aromatic rings. The summed E-state index contributed by atoms with van der Waals surface area (Å²) >= 11 is 6.12. The maximum Gasteiger partial charge on any atom is 0.0484 e. The first-order chi connectivity index (χ1) is 6.79. The Morgan fingerprint density at radius 3 is 2.00 bits per heavy atom. The van der Waals surface area contributed by atoms with E-state index < -0.39 is 0 Å². The molecule has 0 aliphatic carbocycles.